The predicted octanol–water partition coefficient (Wildman–Crippen LogP) is 2.63. The Morgan fingerprint density at radius 3 is 3.12 bits per heavy atom. The third-order valence-corrected chi connectivity index (χ3v) is 4.60. The number of hydrogen-bond acceptors (Lipinski definition) is 3. The van der Waals surface area contributed by atoms with Crippen LogP contribution in [0.1, 0.15) is 31.5 Å². The van der Waals surface area contributed by atoms with Gasteiger partial charge in [-0.05, 0) is 30.2 Å². The quantitative estimate of drug-likeness (QED) is 0.870. The van der Waals surface area contributed by atoms with E-state index in [0.29, 0.717) is 6.04 Å². The van der Waals surface area contributed by atoms with Gasteiger partial charge in [0.2, 0.25) is 0 Å². The number of rotatable bonds is 4. The summed E-state index contributed by atoms with van der Waals surface area (Å²) >= 11 is 2.07. The van der Waals surface area contributed by atoms with Gasteiger partial charge in [-0.15, -0.1) is 0 Å². The molecule has 0 spiro atoms. The number of thioether (sulfide) groups is 1. The van der Waals surface area contributed by atoms with Gasteiger partial charge in [-0.1, -0.05) is 19.9 Å². The third-order valence-electron chi connectivity index (χ3n) is 3.27. The van der Waals surface area contributed by atoms with E-state index < -0.39 is 0 Å². The van der Waals surface area contributed by atoms with Crippen molar-refractivity contribution in [2.45, 2.75) is 44.5 Å². The zero-order chi connectivity index (χ0) is 11.4. The normalized spacial score (nSPS) is 24.9. The maximum Gasteiger partial charge on any atom is 0.0573 e. The minimum Gasteiger partial charge on any atom is -0.307 e. The highest BCUT2D eigenvalue weighted by molar-refractivity contribution is 8.00. The Morgan fingerprint density at radius 2 is 2.44 bits per heavy atom. The largest absolute Gasteiger partial charge is 0.307 e. The number of nitrogens with one attached hydrogen (secondary N) is 1. The second-order valence-electron chi connectivity index (χ2n) is 4.31. The molecule has 1 aliphatic heterocycles. The van der Waals surface area contributed by atoms with Crippen LogP contribution in [0, 0.1) is 0 Å². The molecule has 0 saturated carbocycles. The zero-order valence-corrected chi connectivity index (χ0v) is 10.9. The molecular formula is C13H20N2S. The van der Waals surface area contributed by atoms with Crippen LogP contribution in [0.5, 0.6) is 0 Å². The summed E-state index contributed by atoms with van der Waals surface area (Å²) in [6, 6.07) is 4.87. The van der Waals surface area contributed by atoms with Gasteiger partial charge in [0.25, 0.3) is 0 Å². The molecule has 16 heavy (non-hydrogen) atoms. The fraction of sp³-hybridized carbons (Fsp3) is 0.615. The third kappa shape index (κ3) is 2.77. The lowest BCUT2D eigenvalue weighted by molar-refractivity contribution is 0.507. The van der Waals surface area contributed by atoms with Crippen LogP contribution < -0.4 is 5.32 Å². The average molecular weight is 236 g/mol. The van der Waals surface area contributed by atoms with Crippen LogP contribution in [0.25, 0.3) is 0 Å². The Morgan fingerprint density at radius 1 is 1.56 bits per heavy atom. The fourth-order valence-electron chi connectivity index (χ4n) is 2.18. The van der Waals surface area contributed by atoms with Crippen LogP contribution in [0.4, 0.5) is 0 Å². The first-order valence-electron chi connectivity index (χ1n) is 6.09. The van der Waals surface area contributed by atoms with E-state index in [9.17, 15) is 0 Å². The van der Waals surface area contributed by atoms with Crippen LogP contribution in [0.15, 0.2) is 18.3 Å². The molecule has 2 unspecified atom stereocenters. The number of aromatic nitrogens is 1. The molecule has 0 amide bonds. The van der Waals surface area contributed by atoms with Gasteiger partial charge in [0.1, 0.15) is 0 Å². The lowest BCUT2D eigenvalue weighted by atomic mass is 10.1. The van der Waals surface area contributed by atoms with Crippen molar-refractivity contribution in [3.05, 3.63) is 29.6 Å². The van der Waals surface area contributed by atoms with Crippen molar-refractivity contribution in [3.8, 4) is 0 Å². The minimum atomic E-state index is 0.664. The molecule has 1 N–H and O–H groups in total. The molecule has 2 heterocycles. The van der Waals surface area contributed by atoms with Gasteiger partial charge in [-0.3, -0.25) is 4.98 Å². The monoisotopic (exact) mass is 236 g/mol. The summed E-state index contributed by atoms with van der Waals surface area (Å²) in [6.45, 7) is 5.42. The first-order chi connectivity index (χ1) is 7.81. The highest BCUT2D eigenvalue weighted by Gasteiger charge is 2.23. The lowest BCUT2D eigenvalue weighted by Gasteiger charge is -2.17. The van der Waals surface area contributed by atoms with E-state index in [1.807, 2.05) is 12.3 Å². The summed E-state index contributed by atoms with van der Waals surface area (Å²) in [6.07, 6.45) is 4.25. The van der Waals surface area contributed by atoms with Crippen molar-refractivity contribution in [1.29, 1.82) is 0 Å². The Hall–Kier alpha value is -0.540. The molecule has 1 aromatic heterocycles. The Labute approximate surface area is 102 Å². The van der Waals surface area contributed by atoms with Gasteiger partial charge in [-0.2, -0.15) is 11.8 Å². The maximum atomic E-state index is 4.47. The minimum absolute atomic E-state index is 0.664. The van der Waals surface area contributed by atoms with Gasteiger partial charge in [0.05, 0.1) is 5.69 Å². The molecule has 0 bridgehead atoms. The van der Waals surface area contributed by atoms with E-state index in [2.05, 4.69) is 42.0 Å². The Kier molecular flexibility index (Phi) is 4.24. The molecule has 2 nitrogen and oxygen atoms in total. The Bertz CT molecular complexity index is 340. The SMILES string of the molecule is CCc1cccnc1CNC1CCSC1C. The van der Waals surface area contributed by atoms with Crippen molar-refractivity contribution < 1.29 is 0 Å². The van der Waals surface area contributed by atoms with E-state index in [4.69, 9.17) is 0 Å². The van der Waals surface area contributed by atoms with Crippen molar-refractivity contribution in [1.82, 2.24) is 10.3 Å². The molecule has 1 aromatic rings. The van der Waals surface area contributed by atoms with Crippen molar-refractivity contribution in [2.75, 3.05) is 5.75 Å². The van der Waals surface area contributed by atoms with Gasteiger partial charge in [0.15, 0.2) is 0 Å². The van der Waals surface area contributed by atoms with Gasteiger partial charge < -0.3 is 5.32 Å². The van der Waals surface area contributed by atoms with Crippen LogP contribution >= 0.6 is 11.8 Å². The summed E-state index contributed by atoms with van der Waals surface area (Å²) < 4.78 is 0. The molecule has 3 heteroatoms. The maximum absolute atomic E-state index is 4.47. The molecule has 1 fully saturated rings. The smallest absolute Gasteiger partial charge is 0.0573 e. The number of aryl methyl sites for hydroxylation is 1. The molecule has 88 valence electrons. The van der Waals surface area contributed by atoms with Crippen LogP contribution in [0.2, 0.25) is 0 Å². The second-order valence-corrected chi connectivity index (χ2v) is 5.80. The van der Waals surface area contributed by atoms with E-state index in [0.717, 1.165) is 18.2 Å². The first-order valence-corrected chi connectivity index (χ1v) is 7.14. The highest BCUT2D eigenvalue weighted by atomic mass is 32.2. The molecule has 1 saturated heterocycles. The number of pyridine rings is 1. The van der Waals surface area contributed by atoms with Gasteiger partial charge in [0, 0.05) is 24.0 Å². The standard InChI is InChI=1S/C13H20N2S/c1-3-11-5-4-7-14-13(11)9-15-12-6-8-16-10(12)2/h4-5,7,10,12,15H,3,6,8-9H2,1-2H3. The summed E-state index contributed by atoms with van der Waals surface area (Å²) in [5, 5.41) is 4.38. The summed E-state index contributed by atoms with van der Waals surface area (Å²) in [5.41, 5.74) is 2.59. The molecular weight excluding hydrogens is 216 g/mol. The van der Waals surface area contributed by atoms with Crippen LogP contribution in [0.3, 0.4) is 0 Å². The van der Waals surface area contributed by atoms with E-state index >= 15 is 0 Å². The van der Waals surface area contributed by atoms with Crippen LogP contribution in [-0.2, 0) is 13.0 Å². The lowest BCUT2D eigenvalue weighted by Crippen LogP contribution is -2.33. The van der Waals surface area contributed by atoms with Gasteiger partial charge in [-0.25, -0.2) is 0 Å². The number of nitrogens with zero attached hydrogens (tertiary/aromatic N) is 1. The first kappa shape index (κ1) is 11.9. The molecule has 2 rings (SSSR count). The Balaban J connectivity index is 1.93. The molecule has 0 aromatic carbocycles. The summed E-state index contributed by atoms with van der Waals surface area (Å²) in [7, 11) is 0. The number of hydrogen-bond donors (Lipinski definition) is 1. The summed E-state index contributed by atoms with van der Waals surface area (Å²) in [5.74, 6) is 1.29. The van der Waals surface area contributed by atoms with E-state index in [-0.39, 0.29) is 0 Å². The second kappa shape index (κ2) is 5.69. The average Bonchev–Trinajstić information content (AvgIpc) is 2.72. The summed E-state index contributed by atoms with van der Waals surface area (Å²) in [4.78, 5) is 4.47. The van der Waals surface area contributed by atoms with Crippen molar-refractivity contribution >= 4 is 11.8 Å². The van der Waals surface area contributed by atoms with E-state index in [1.54, 1.807) is 0 Å². The molecule has 1 aliphatic rings. The molecule has 2 atom stereocenters. The van der Waals surface area contributed by atoms with Crippen molar-refractivity contribution in [2.24, 2.45) is 0 Å². The molecule has 0 aliphatic carbocycles. The van der Waals surface area contributed by atoms with Gasteiger partial charge >= 0.3 is 0 Å². The molecule has 0 radical (unpaired) electrons. The van der Waals surface area contributed by atoms with E-state index in [1.165, 1.54) is 23.4 Å². The zero-order valence-electron chi connectivity index (χ0n) is 10.1. The topological polar surface area (TPSA) is 24.9 Å². The fourth-order valence-corrected chi connectivity index (χ4v) is 3.41. The van der Waals surface area contributed by atoms with Crippen LogP contribution in [-0.4, -0.2) is 22.0 Å². The predicted molar refractivity (Wildman–Crippen MR) is 70.8 cm³/mol. The highest BCUT2D eigenvalue weighted by Crippen LogP contribution is 2.26. The van der Waals surface area contributed by atoms with Crippen molar-refractivity contribution in [3.63, 3.8) is 0 Å².